The minimum Gasteiger partial charge on any atom is -0.478 e. The second kappa shape index (κ2) is 6.52. The average molecular weight is 279 g/mol. The first kappa shape index (κ1) is 16.2. The zero-order valence-electron chi connectivity index (χ0n) is 12.0. The fourth-order valence-electron chi connectivity index (χ4n) is 1.46. The number of carboxylic acids is 1. The van der Waals surface area contributed by atoms with Gasteiger partial charge in [-0.1, -0.05) is 13.0 Å². The molecule has 0 aliphatic carbocycles. The summed E-state index contributed by atoms with van der Waals surface area (Å²) in [6.45, 7) is 7.27. The standard InChI is InChI=1S/C15H19O5/c1-5-12(20-15(2,3)4)19-14(18)11-8-6-7-10(9-11)13(16)17/h5-9,12H,1-4H3,(H,16,17). The predicted octanol–water partition coefficient (Wildman–Crippen LogP) is 2.91. The van der Waals surface area contributed by atoms with Gasteiger partial charge in [-0.05, 0) is 39.0 Å². The maximum absolute atomic E-state index is 12.0. The lowest BCUT2D eigenvalue weighted by Gasteiger charge is -2.26. The van der Waals surface area contributed by atoms with Gasteiger partial charge in [0.05, 0.1) is 16.7 Å². The number of carboxylic acid groups (broad SMARTS) is 1. The fourth-order valence-corrected chi connectivity index (χ4v) is 1.46. The van der Waals surface area contributed by atoms with Crippen molar-refractivity contribution in [2.75, 3.05) is 0 Å². The van der Waals surface area contributed by atoms with Crippen LogP contribution in [0.1, 0.15) is 48.4 Å². The van der Waals surface area contributed by atoms with E-state index in [1.54, 1.807) is 13.3 Å². The lowest BCUT2D eigenvalue weighted by atomic mass is 10.1. The summed E-state index contributed by atoms with van der Waals surface area (Å²) < 4.78 is 10.7. The third-order valence-electron chi connectivity index (χ3n) is 2.31. The van der Waals surface area contributed by atoms with Gasteiger partial charge in [-0.2, -0.15) is 0 Å². The lowest BCUT2D eigenvalue weighted by Crippen LogP contribution is -2.31. The summed E-state index contributed by atoms with van der Waals surface area (Å²) in [5.41, 5.74) is -0.247. The molecule has 1 aromatic carbocycles. The van der Waals surface area contributed by atoms with Crippen LogP contribution in [0.15, 0.2) is 24.3 Å². The largest absolute Gasteiger partial charge is 0.478 e. The zero-order valence-corrected chi connectivity index (χ0v) is 12.0. The first-order valence-electron chi connectivity index (χ1n) is 6.24. The first-order valence-corrected chi connectivity index (χ1v) is 6.24. The van der Waals surface area contributed by atoms with Crippen LogP contribution in [0.2, 0.25) is 0 Å². The van der Waals surface area contributed by atoms with Gasteiger partial charge in [0.1, 0.15) is 0 Å². The zero-order chi connectivity index (χ0) is 15.3. The molecular formula is C15H19O5. The molecule has 1 radical (unpaired) electrons. The number of hydrogen-bond acceptors (Lipinski definition) is 4. The number of benzene rings is 1. The highest BCUT2D eigenvalue weighted by Gasteiger charge is 2.22. The van der Waals surface area contributed by atoms with Crippen LogP contribution in [0.5, 0.6) is 0 Å². The maximum atomic E-state index is 12.0. The van der Waals surface area contributed by atoms with Gasteiger partial charge in [0.25, 0.3) is 0 Å². The highest BCUT2D eigenvalue weighted by atomic mass is 16.7. The minimum absolute atomic E-state index is 0.0354. The van der Waals surface area contributed by atoms with Crippen LogP contribution in [-0.4, -0.2) is 28.9 Å². The Bertz CT molecular complexity index is 487. The van der Waals surface area contributed by atoms with Crippen molar-refractivity contribution in [3.05, 3.63) is 41.8 Å². The van der Waals surface area contributed by atoms with E-state index in [2.05, 4.69) is 0 Å². The summed E-state index contributed by atoms with van der Waals surface area (Å²) in [4.78, 5) is 22.8. The molecule has 20 heavy (non-hydrogen) atoms. The van der Waals surface area contributed by atoms with E-state index in [9.17, 15) is 9.59 Å². The SMILES string of the molecule is C[CH]C(OC(=O)c1cccc(C(=O)O)c1)OC(C)(C)C. The number of aromatic carboxylic acids is 1. The molecule has 0 aliphatic rings. The maximum Gasteiger partial charge on any atom is 0.340 e. The summed E-state index contributed by atoms with van der Waals surface area (Å²) in [6.07, 6.45) is 0.834. The molecule has 0 amide bonds. The molecule has 0 saturated heterocycles. The van der Waals surface area contributed by atoms with Gasteiger partial charge in [-0.25, -0.2) is 9.59 Å². The van der Waals surface area contributed by atoms with Crippen LogP contribution < -0.4 is 0 Å². The topological polar surface area (TPSA) is 72.8 Å². The molecule has 0 bridgehead atoms. The lowest BCUT2D eigenvalue weighted by molar-refractivity contribution is -0.150. The Morgan fingerprint density at radius 1 is 1.25 bits per heavy atom. The van der Waals surface area contributed by atoms with Gasteiger partial charge in [0, 0.05) is 6.42 Å². The van der Waals surface area contributed by atoms with Crippen molar-refractivity contribution in [1.82, 2.24) is 0 Å². The Balaban J connectivity index is 2.79. The molecule has 109 valence electrons. The third kappa shape index (κ3) is 5.01. The number of hydrogen-bond donors (Lipinski definition) is 1. The number of carbonyl (C=O) groups is 2. The van der Waals surface area contributed by atoms with Gasteiger partial charge >= 0.3 is 11.9 Å². The van der Waals surface area contributed by atoms with Crippen molar-refractivity contribution in [3.8, 4) is 0 Å². The Labute approximate surface area is 118 Å². The molecule has 1 atom stereocenters. The molecule has 1 aromatic rings. The van der Waals surface area contributed by atoms with Crippen LogP contribution >= 0.6 is 0 Å². The smallest absolute Gasteiger partial charge is 0.340 e. The summed E-state index contributed by atoms with van der Waals surface area (Å²) in [5, 5.41) is 8.89. The molecule has 0 aliphatic heterocycles. The molecule has 1 N–H and O–H groups in total. The van der Waals surface area contributed by atoms with Crippen LogP contribution in [0.4, 0.5) is 0 Å². The fraction of sp³-hybridized carbons (Fsp3) is 0.400. The van der Waals surface area contributed by atoms with Crippen molar-refractivity contribution in [1.29, 1.82) is 0 Å². The van der Waals surface area contributed by atoms with E-state index in [4.69, 9.17) is 14.6 Å². The molecule has 5 heteroatoms. The Morgan fingerprint density at radius 3 is 2.35 bits per heavy atom. The molecular weight excluding hydrogens is 260 g/mol. The van der Waals surface area contributed by atoms with E-state index in [1.807, 2.05) is 20.8 Å². The van der Waals surface area contributed by atoms with Gasteiger partial charge in [-0.15, -0.1) is 0 Å². The molecule has 1 unspecified atom stereocenters. The quantitative estimate of drug-likeness (QED) is 0.662. The van der Waals surface area contributed by atoms with E-state index in [1.165, 1.54) is 24.3 Å². The van der Waals surface area contributed by atoms with Crippen molar-refractivity contribution >= 4 is 11.9 Å². The van der Waals surface area contributed by atoms with E-state index < -0.39 is 23.8 Å². The van der Waals surface area contributed by atoms with Gasteiger partial charge in [0.15, 0.2) is 0 Å². The molecule has 0 saturated carbocycles. The number of rotatable bonds is 5. The second-order valence-corrected chi connectivity index (χ2v) is 5.22. The molecule has 0 spiro atoms. The number of ether oxygens (including phenoxy) is 2. The van der Waals surface area contributed by atoms with Gasteiger partial charge in [0.2, 0.25) is 6.29 Å². The predicted molar refractivity (Wildman–Crippen MR) is 73.4 cm³/mol. The van der Waals surface area contributed by atoms with E-state index in [0.29, 0.717) is 0 Å². The summed E-state index contributed by atoms with van der Waals surface area (Å²) in [5.74, 6) is -1.72. The highest BCUT2D eigenvalue weighted by Crippen LogP contribution is 2.16. The Hall–Kier alpha value is -1.88. The van der Waals surface area contributed by atoms with Crippen LogP contribution in [-0.2, 0) is 9.47 Å². The van der Waals surface area contributed by atoms with E-state index in [-0.39, 0.29) is 11.1 Å². The van der Waals surface area contributed by atoms with Crippen LogP contribution in [0, 0.1) is 6.42 Å². The number of esters is 1. The van der Waals surface area contributed by atoms with Gasteiger partial charge < -0.3 is 14.6 Å². The van der Waals surface area contributed by atoms with Gasteiger partial charge in [-0.3, -0.25) is 0 Å². The van der Waals surface area contributed by atoms with Crippen molar-refractivity contribution in [2.45, 2.75) is 39.6 Å². The van der Waals surface area contributed by atoms with E-state index >= 15 is 0 Å². The van der Waals surface area contributed by atoms with Crippen molar-refractivity contribution in [3.63, 3.8) is 0 Å². The second-order valence-electron chi connectivity index (χ2n) is 5.22. The molecule has 0 heterocycles. The summed E-state index contributed by atoms with van der Waals surface area (Å²) >= 11 is 0. The van der Waals surface area contributed by atoms with Crippen LogP contribution in [0.25, 0.3) is 0 Å². The minimum atomic E-state index is -1.09. The third-order valence-corrected chi connectivity index (χ3v) is 2.31. The van der Waals surface area contributed by atoms with Crippen LogP contribution in [0.3, 0.4) is 0 Å². The van der Waals surface area contributed by atoms with Crippen molar-refractivity contribution < 1.29 is 24.2 Å². The highest BCUT2D eigenvalue weighted by molar-refractivity contribution is 5.94. The normalized spacial score (nSPS) is 12.8. The molecule has 5 nitrogen and oxygen atoms in total. The van der Waals surface area contributed by atoms with Crippen molar-refractivity contribution in [2.24, 2.45) is 0 Å². The first-order chi connectivity index (χ1) is 9.23. The molecule has 1 rings (SSSR count). The van der Waals surface area contributed by atoms with E-state index in [0.717, 1.165) is 0 Å². The summed E-state index contributed by atoms with van der Waals surface area (Å²) in [6, 6.07) is 5.68. The summed E-state index contributed by atoms with van der Waals surface area (Å²) in [7, 11) is 0. The molecule has 0 fully saturated rings. The monoisotopic (exact) mass is 279 g/mol. The Kier molecular flexibility index (Phi) is 5.27. The molecule has 0 aromatic heterocycles. The average Bonchev–Trinajstić information content (AvgIpc) is 2.36. The number of carbonyl (C=O) groups excluding carboxylic acids is 1. The Morgan fingerprint density at radius 2 is 1.85 bits per heavy atom.